The predicted molar refractivity (Wildman–Crippen MR) is 94.8 cm³/mol. The number of ether oxygens (including phenoxy) is 1. The first-order chi connectivity index (χ1) is 12.3. The van der Waals surface area contributed by atoms with E-state index in [1.165, 1.54) is 7.11 Å². The predicted octanol–water partition coefficient (Wildman–Crippen LogP) is 3.46. The van der Waals surface area contributed by atoms with Crippen molar-refractivity contribution in [1.82, 2.24) is 0 Å². The molecule has 0 radical (unpaired) electrons. The van der Waals surface area contributed by atoms with E-state index in [1.807, 2.05) is 6.92 Å². The standard InChI is InChI=1S/C21H29NO4/c1-20-10-7-16(21(2)9-6-13(23)12-18(21)24)14(8-11-22)15(20)4-5-17(20)19(25)26-3/h14-17H,4-10,12H2,1-3H3/t14-,15-,16-,17+,20-,21+/m0/s1. The van der Waals surface area contributed by atoms with Crippen LogP contribution in [0.4, 0.5) is 0 Å². The van der Waals surface area contributed by atoms with E-state index in [9.17, 15) is 19.6 Å². The fourth-order valence-electron chi connectivity index (χ4n) is 6.40. The van der Waals surface area contributed by atoms with E-state index >= 15 is 0 Å². The number of fused-ring (bicyclic) bond motifs is 1. The number of ketones is 2. The number of rotatable bonds is 3. The summed E-state index contributed by atoms with van der Waals surface area (Å²) in [6.07, 6.45) is 4.93. The molecule has 6 atom stereocenters. The van der Waals surface area contributed by atoms with Gasteiger partial charge in [-0.2, -0.15) is 5.26 Å². The van der Waals surface area contributed by atoms with Gasteiger partial charge in [0.15, 0.2) is 0 Å². The van der Waals surface area contributed by atoms with Crippen LogP contribution in [0.3, 0.4) is 0 Å². The van der Waals surface area contributed by atoms with Crippen molar-refractivity contribution >= 4 is 17.5 Å². The smallest absolute Gasteiger partial charge is 0.309 e. The van der Waals surface area contributed by atoms with E-state index in [1.54, 1.807) is 0 Å². The Labute approximate surface area is 155 Å². The lowest BCUT2D eigenvalue weighted by atomic mass is 9.50. The normalized spacial score (nSPS) is 42.8. The number of carbonyl (C=O) groups is 3. The van der Waals surface area contributed by atoms with Gasteiger partial charge in [0.05, 0.1) is 25.5 Å². The number of Topliss-reactive ketones (excluding diaryl/α,β-unsaturated/α-hetero) is 2. The lowest BCUT2D eigenvalue weighted by molar-refractivity contribution is -0.155. The van der Waals surface area contributed by atoms with Crippen LogP contribution in [0.15, 0.2) is 0 Å². The monoisotopic (exact) mass is 359 g/mol. The minimum absolute atomic E-state index is 0.0385. The summed E-state index contributed by atoms with van der Waals surface area (Å²) in [5.74, 6) is 0.315. The van der Waals surface area contributed by atoms with Crippen LogP contribution in [0.25, 0.3) is 0 Å². The van der Waals surface area contributed by atoms with E-state index in [0.29, 0.717) is 19.3 Å². The van der Waals surface area contributed by atoms with Crippen molar-refractivity contribution in [3.05, 3.63) is 0 Å². The number of hydrogen-bond donors (Lipinski definition) is 0. The van der Waals surface area contributed by atoms with Crippen molar-refractivity contribution in [2.75, 3.05) is 7.11 Å². The topological polar surface area (TPSA) is 84.2 Å². The molecule has 0 heterocycles. The van der Waals surface area contributed by atoms with Gasteiger partial charge in [0, 0.05) is 18.3 Å². The minimum atomic E-state index is -0.514. The first-order valence-corrected chi connectivity index (χ1v) is 9.77. The van der Waals surface area contributed by atoms with Gasteiger partial charge in [-0.1, -0.05) is 13.8 Å². The fourth-order valence-corrected chi connectivity index (χ4v) is 6.40. The third kappa shape index (κ3) is 2.78. The summed E-state index contributed by atoms with van der Waals surface area (Å²) >= 11 is 0. The quantitative estimate of drug-likeness (QED) is 0.569. The second-order valence-electron chi connectivity index (χ2n) is 8.99. The van der Waals surface area contributed by atoms with Gasteiger partial charge in [-0.3, -0.25) is 14.4 Å². The molecule has 0 aromatic heterocycles. The van der Waals surface area contributed by atoms with Crippen molar-refractivity contribution in [2.24, 2.45) is 34.5 Å². The van der Waals surface area contributed by atoms with Crippen LogP contribution < -0.4 is 0 Å². The Morgan fingerprint density at radius 3 is 2.54 bits per heavy atom. The third-order valence-electron chi connectivity index (χ3n) is 7.99. The summed E-state index contributed by atoms with van der Waals surface area (Å²) in [6, 6.07) is 2.34. The van der Waals surface area contributed by atoms with Gasteiger partial charge in [0.25, 0.3) is 0 Å². The molecule has 0 saturated heterocycles. The van der Waals surface area contributed by atoms with Gasteiger partial charge in [-0.15, -0.1) is 0 Å². The fraction of sp³-hybridized carbons (Fsp3) is 0.810. The van der Waals surface area contributed by atoms with E-state index in [0.717, 1.165) is 25.7 Å². The van der Waals surface area contributed by atoms with Crippen LogP contribution in [0.1, 0.15) is 65.2 Å². The highest BCUT2D eigenvalue weighted by Crippen LogP contribution is 2.63. The second kappa shape index (κ2) is 6.79. The zero-order chi connectivity index (χ0) is 19.1. The van der Waals surface area contributed by atoms with Gasteiger partial charge >= 0.3 is 5.97 Å². The van der Waals surface area contributed by atoms with E-state index in [4.69, 9.17) is 4.74 Å². The zero-order valence-corrected chi connectivity index (χ0v) is 16.0. The molecule has 0 aliphatic heterocycles. The highest BCUT2D eigenvalue weighted by atomic mass is 16.5. The van der Waals surface area contributed by atoms with E-state index in [-0.39, 0.29) is 53.0 Å². The molecule has 0 aromatic carbocycles. The van der Waals surface area contributed by atoms with E-state index in [2.05, 4.69) is 13.0 Å². The molecule has 0 aromatic rings. The van der Waals surface area contributed by atoms with Crippen LogP contribution in [0.5, 0.6) is 0 Å². The largest absolute Gasteiger partial charge is 0.469 e. The summed E-state index contributed by atoms with van der Waals surface area (Å²) in [5.41, 5.74) is -0.672. The lowest BCUT2D eigenvalue weighted by Crippen LogP contribution is -2.51. The zero-order valence-electron chi connectivity index (χ0n) is 16.0. The van der Waals surface area contributed by atoms with E-state index < -0.39 is 5.41 Å². The summed E-state index contributed by atoms with van der Waals surface area (Å²) in [7, 11) is 1.44. The number of carbonyl (C=O) groups excluding carboxylic acids is 3. The summed E-state index contributed by atoms with van der Waals surface area (Å²) in [6.45, 7) is 4.17. The summed E-state index contributed by atoms with van der Waals surface area (Å²) in [4.78, 5) is 36.8. The first kappa shape index (κ1) is 19.1. The Hall–Kier alpha value is -1.70. The van der Waals surface area contributed by atoms with Gasteiger partial charge in [-0.25, -0.2) is 0 Å². The van der Waals surface area contributed by atoms with Crippen LogP contribution >= 0.6 is 0 Å². The molecule has 0 bridgehead atoms. The van der Waals surface area contributed by atoms with Gasteiger partial charge in [-0.05, 0) is 55.3 Å². The Balaban J connectivity index is 1.92. The van der Waals surface area contributed by atoms with Gasteiger partial charge in [0.2, 0.25) is 0 Å². The maximum absolute atomic E-state index is 12.8. The number of methoxy groups -OCH3 is 1. The Morgan fingerprint density at radius 2 is 1.92 bits per heavy atom. The maximum Gasteiger partial charge on any atom is 0.309 e. The van der Waals surface area contributed by atoms with Gasteiger partial charge < -0.3 is 4.74 Å². The maximum atomic E-state index is 12.8. The Bertz CT molecular complexity index is 665. The SMILES string of the molecule is COC(=O)[C@H]1CC[C@H]2[C@H](CC#N)[C@@H]([C@@]3(C)CCC(=O)CC3=O)CC[C@]12C. The molecule has 3 saturated carbocycles. The first-order valence-electron chi connectivity index (χ1n) is 9.77. The van der Waals surface area contributed by atoms with Crippen LogP contribution in [0.2, 0.25) is 0 Å². The van der Waals surface area contributed by atoms with Crippen molar-refractivity contribution in [3.63, 3.8) is 0 Å². The van der Waals surface area contributed by atoms with Crippen LogP contribution in [-0.4, -0.2) is 24.6 Å². The summed E-state index contributed by atoms with van der Waals surface area (Å²) < 4.78 is 5.04. The molecular weight excluding hydrogens is 330 g/mol. The molecule has 0 spiro atoms. The molecule has 3 fully saturated rings. The minimum Gasteiger partial charge on any atom is -0.469 e. The number of esters is 1. The molecule has 3 rings (SSSR count). The van der Waals surface area contributed by atoms with Gasteiger partial charge in [0.1, 0.15) is 11.6 Å². The molecule has 0 amide bonds. The van der Waals surface area contributed by atoms with Crippen molar-refractivity contribution in [2.45, 2.75) is 65.2 Å². The lowest BCUT2D eigenvalue weighted by Gasteiger charge is -2.53. The third-order valence-corrected chi connectivity index (χ3v) is 7.99. The molecule has 26 heavy (non-hydrogen) atoms. The molecule has 3 aliphatic carbocycles. The number of nitrogens with zero attached hydrogens (tertiary/aromatic N) is 1. The number of nitriles is 1. The average molecular weight is 359 g/mol. The molecule has 5 nitrogen and oxygen atoms in total. The van der Waals surface area contributed by atoms with Crippen molar-refractivity contribution in [1.29, 1.82) is 5.26 Å². The number of hydrogen-bond acceptors (Lipinski definition) is 5. The molecular formula is C21H29NO4. The molecule has 3 aliphatic rings. The highest BCUT2D eigenvalue weighted by Gasteiger charge is 2.60. The molecule has 142 valence electrons. The Kier molecular flexibility index (Phi) is 4.98. The molecule has 0 N–H and O–H groups in total. The average Bonchev–Trinajstić information content (AvgIpc) is 2.96. The van der Waals surface area contributed by atoms with Crippen LogP contribution in [0, 0.1) is 45.8 Å². The second-order valence-corrected chi connectivity index (χ2v) is 8.99. The van der Waals surface area contributed by atoms with Crippen LogP contribution in [-0.2, 0) is 19.1 Å². The van der Waals surface area contributed by atoms with Crippen molar-refractivity contribution < 1.29 is 19.1 Å². The Morgan fingerprint density at radius 1 is 1.19 bits per heavy atom. The highest BCUT2D eigenvalue weighted by molar-refractivity contribution is 6.04. The van der Waals surface area contributed by atoms with Crippen molar-refractivity contribution in [3.8, 4) is 6.07 Å². The summed E-state index contributed by atoms with van der Waals surface area (Å²) in [5, 5.41) is 9.47. The molecule has 5 heteroatoms. The molecule has 0 unspecified atom stereocenters.